The number of likely N-dealkylation sites (N-methyl/N-ethyl adjacent to an activating group) is 3. The summed E-state index contributed by atoms with van der Waals surface area (Å²) >= 11 is 0. The standard InChI is InChI=1S/C34H44N4O4/c1-34(2,3)42-33(41)37(7)29(24-26-19-21-28(22-20-26)27-17-13-10-14-18-27)31(39)36(6)30(32(40)38(8)35(4)5)23-25-15-11-9-12-16-25/h9-22,29-30H,23-24H2,1-8H3. The number of amides is 3. The highest BCUT2D eigenvalue weighted by atomic mass is 16.6. The zero-order valence-corrected chi connectivity index (χ0v) is 26.1. The maximum atomic E-state index is 14.3. The summed E-state index contributed by atoms with van der Waals surface area (Å²) in [5, 5.41) is 3.17. The second-order valence-electron chi connectivity index (χ2n) is 11.7. The molecule has 2 unspecified atom stereocenters. The highest BCUT2D eigenvalue weighted by molar-refractivity contribution is 5.91. The summed E-state index contributed by atoms with van der Waals surface area (Å²) in [6, 6.07) is 25.9. The van der Waals surface area contributed by atoms with Gasteiger partial charge in [0.1, 0.15) is 17.7 Å². The Morgan fingerprint density at radius 2 is 1.07 bits per heavy atom. The first-order chi connectivity index (χ1) is 19.8. The number of carbonyl (C=O) groups is 3. The Morgan fingerprint density at radius 3 is 1.57 bits per heavy atom. The molecule has 0 radical (unpaired) electrons. The number of nitrogens with zero attached hydrogens (tertiary/aromatic N) is 4. The minimum atomic E-state index is -0.900. The van der Waals surface area contributed by atoms with Gasteiger partial charge in [0.25, 0.3) is 5.91 Å². The van der Waals surface area contributed by atoms with E-state index in [0.29, 0.717) is 6.42 Å². The molecule has 0 saturated heterocycles. The minimum Gasteiger partial charge on any atom is -0.444 e. The van der Waals surface area contributed by atoms with Crippen LogP contribution in [-0.2, 0) is 27.2 Å². The lowest BCUT2D eigenvalue weighted by atomic mass is 9.98. The molecule has 0 aromatic heterocycles. The summed E-state index contributed by atoms with van der Waals surface area (Å²) < 4.78 is 5.63. The van der Waals surface area contributed by atoms with E-state index in [0.717, 1.165) is 22.3 Å². The van der Waals surface area contributed by atoms with Crippen LogP contribution < -0.4 is 0 Å². The molecule has 224 valence electrons. The summed E-state index contributed by atoms with van der Waals surface area (Å²) in [5.74, 6) is -0.581. The third kappa shape index (κ3) is 8.66. The minimum absolute atomic E-state index is 0.231. The second-order valence-corrected chi connectivity index (χ2v) is 11.7. The number of hydrogen-bond donors (Lipinski definition) is 0. The van der Waals surface area contributed by atoms with E-state index in [1.165, 1.54) is 14.8 Å². The van der Waals surface area contributed by atoms with E-state index >= 15 is 0 Å². The molecule has 0 heterocycles. The molecule has 2 atom stereocenters. The summed E-state index contributed by atoms with van der Waals surface area (Å²) in [4.78, 5) is 43.9. The van der Waals surface area contributed by atoms with Crippen LogP contribution in [0.5, 0.6) is 0 Å². The van der Waals surface area contributed by atoms with Gasteiger partial charge in [-0.1, -0.05) is 84.9 Å². The average Bonchev–Trinajstić information content (AvgIpc) is 2.97. The topological polar surface area (TPSA) is 73.4 Å². The van der Waals surface area contributed by atoms with Crippen molar-refractivity contribution in [2.45, 2.75) is 51.3 Å². The predicted octanol–water partition coefficient (Wildman–Crippen LogP) is 5.14. The summed E-state index contributed by atoms with van der Waals surface area (Å²) in [7, 11) is 8.43. The van der Waals surface area contributed by atoms with Crippen LogP contribution >= 0.6 is 0 Å². The number of benzene rings is 3. The number of carbonyl (C=O) groups excluding carboxylic acids is 3. The van der Waals surface area contributed by atoms with Gasteiger partial charge in [-0.3, -0.25) is 19.5 Å². The number of hydrogen-bond acceptors (Lipinski definition) is 5. The third-order valence-corrected chi connectivity index (χ3v) is 7.22. The van der Waals surface area contributed by atoms with Gasteiger partial charge >= 0.3 is 6.09 Å². The average molecular weight is 573 g/mol. The predicted molar refractivity (Wildman–Crippen MR) is 167 cm³/mol. The molecule has 0 spiro atoms. The molecule has 3 aromatic carbocycles. The Hall–Kier alpha value is -4.17. The second kappa shape index (κ2) is 14.1. The van der Waals surface area contributed by atoms with Crippen LogP contribution in [0.1, 0.15) is 31.9 Å². The molecule has 0 aliphatic heterocycles. The summed E-state index contributed by atoms with van der Waals surface area (Å²) in [5.41, 5.74) is 3.22. The van der Waals surface area contributed by atoms with Crippen LogP contribution in [0, 0.1) is 0 Å². The van der Waals surface area contributed by atoms with Crippen LogP contribution in [0.25, 0.3) is 11.1 Å². The van der Waals surface area contributed by atoms with Gasteiger partial charge in [-0.05, 0) is 43.0 Å². The van der Waals surface area contributed by atoms with Crippen molar-refractivity contribution in [2.24, 2.45) is 0 Å². The zero-order valence-electron chi connectivity index (χ0n) is 26.1. The van der Waals surface area contributed by atoms with Gasteiger partial charge < -0.3 is 9.64 Å². The van der Waals surface area contributed by atoms with Crippen molar-refractivity contribution >= 4 is 17.9 Å². The van der Waals surface area contributed by atoms with E-state index in [9.17, 15) is 14.4 Å². The van der Waals surface area contributed by atoms with E-state index in [1.807, 2.05) is 84.9 Å². The molecule has 0 bridgehead atoms. The smallest absolute Gasteiger partial charge is 0.410 e. The van der Waals surface area contributed by atoms with Gasteiger partial charge in [0.05, 0.1) is 0 Å². The number of rotatable bonds is 10. The highest BCUT2D eigenvalue weighted by Crippen LogP contribution is 2.22. The van der Waals surface area contributed by atoms with Crippen molar-refractivity contribution in [1.29, 1.82) is 0 Å². The fourth-order valence-corrected chi connectivity index (χ4v) is 4.57. The molecule has 3 rings (SSSR count). The summed E-state index contributed by atoms with van der Waals surface area (Å²) in [6.45, 7) is 5.36. The Balaban J connectivity index is 1.96. The van der Waals surface area contributed by atoms with Gasteiger partial charge in [0, 0.05) is 48.1 Å². The van der Waals surface area contributed by atoms with Gasteiger partial charge in [-0.15, -0.1) is 0 Å². The molecule has 0 saturated carbocycles. The SMILES string of the molecule is CN(C(=O)OC(C)(C)C)C(Cc1ccc(-c2ccccc2)cc1)C(=O)N(C)C(Cc1ccccc1)C(=O)N(C)N(C)C. The largest absolute Gasteiger partial charge is 0.444 e. The summed E-state index contributed by atoms with van der Waals surface area (Å²) in [6.07, 6.45) is -0.0233. The first-order valence-corrected chi connectivity index (χ1v) is 14.1. The molecular weight excluding hydrogens is 528 g/mol. The van der Waals surface area contributed by atoms with Crippen LogP contribution in [0.4, 0.5) is 4.79 Å². The zero-order chi connectivity index (χ0) is 31.0. The van der Waals surface area contributed by atoms with Gasteiger partial charge in [-0.25, -0.2) is 9.80 Å². The molecular formula is C34H44N4O4. The highest BCUT2D eigenvalue weighted by Gasteiger charge is 2.37. The van der Waals surface area contributed by atoms with Gasteiger partial charge in [0.2, 0.25) is 5.91 Å². The third-order valence-electron chi connectivity index (χ3n) is 7.22. The first-order valence-electron chi connectivity index (χ1n) is 14.1. The van der Waals surface area contributed by atoms with Crippen LogP contribution in [0.15, 0.2) is 84.9 Å². The van der Waals surface area contributed by atoms with Crippen LogP contribution in [0.2, 0.25) is 0 Å². The van der Waals surface area contributed by atoms with Gasteiger partial charge in [0.15, 0.2) is 0 Å². The van der Waals surface area contributed by atoms with E-state index in [1.54, 1.807) is 61.0 Å². The Morgan fingerprint density at radius 1 is 0.619 bits per heavy atom. The molecule has 3 aromatic rings. The van der Waals surface area contributed by atoms with Crippen molar-refractivity contribution in [2.75, 3.05) is 35.2 Å². The quantitative estimate of drug-likeness (QED) is 0.315. The Labute approximate surface area is 250 Å². The van der Waals surface area contributed by atoms with Crippen LogP contribution in [0.3, 0.4) is 0 Å². The fourth-order valence-electron chi connectivity index (χ4n) is 4.57. The van der Waals surface area contributed by atoms with Crippen molar-refractivity contribution in [1.82, 2.24) is 19.8 Å². The fraction of sp³-hybridized carbons (Fsp3) is 0.382. The lowest BCUT2D eigenvalue weighted by molar-refractivity contribution is -0.153. The van der Waals surface area contributed by atoms with E-state index in [4.69, 9.17) is 4.74 Å². The molecule has 3 amide bonds. The van der Waals surface area contributed by atoms with Gasteiger partial charge in [-0.2, -0.15) is 0 Å². The van der Waals surface area contributed by atoms with Crippen molar-refractivity contribution in [3.63, 3.8) is 0 Å². The van der Waals surface area contributed by atoms with E-state index < -0.39 is 23.8 Å². The lowest BCUT2D eigenvalue weighted by Gasteiger charge is -2.37. The van der Waals surface area contributed by atoms with Crippen molar-refractivity contribution in [3.8, 4) is 11.1 Å². The molecule has 0 fully saturated rings. The lowest BCUT2D eigenvalue weighted by Crippen LogP contribution is -2.57. The monoisotopic (exact) mass is 572 g/mol. The number of ether oxygens (including phenoxy) is 1. The molecule has 0 aliphatic rings. The molecule has 8 heteroatoms. The van der Waals surface area contributed by atoms with Crippen molar-refractivity contribution < 1.29 is 19.1 Å². The van der Waals surface area contributed by atoms with Crippen molar-refractivity contribution in [3.05, 3.63) is 96.1 Å². The molecule has 0 N–H and O–H groups in total. The maximum Gasteiger partial charge on any atom is 0.410 e. The maximum absolute atomic E-state index is 14.3. The molecule has 42 heavy (non-hydrogen) atoms. The Kier molecular flexibility index (Phi) is 10.9. The molecule has 0 aliphatic carbocycles. The Bertz CT molecular complexity index is 1320. The van der Waals surface area contributed by atoms with Crippen LogP contribution in [-0.4, -0.2) is 90.6 Å². The first kappa shape index (κ1) is 32.3. The normalized spacial score (nSPS) is 12.8. The van der Waals surface area contributed by atoms with E-state index in [2.05, 4.69) is 0 Å². The number of hydrazine groups is 1. The van der Waals surface area contributed by atoms with E-state index in [-0.39, 0.29) is 18.2 Å². The molecule has 8 nitrogen and oxygen atoms in total.